The first kappa shape index (κ1) is 25.0. The number of hydrogen-bond acceptors (Lipinski definition) is 6. The summed E-state index contributed by atoms with van der Waals surface area (Å²) in [7, 11) is 2.86. The Hall–Kier alpha value is -3.61. The molecule has 180 valence electrons. The average Bonchev–Trinajstić information content (AvgIpc) is 2.78. The van der Waals surface area contributed by atoms with E-state index in [4.69, 9.17) is 9.47 Å². The maximum Gasteiger partial charge on any atom is 0.338 e. The van der Waals surface area contributed by atoms with E-state index >= 15 is 4.39 Å². The van der Waals surface area contributed by atoms with Crippen molar-refractivity contribution in [1.82, 2.24) is 4.98 Å². The SMILES string of the molecule is COC(=O)c1cc(-c2ccc(NC(C)C)cc2F)c(OC)c(C)c1-c1ccc(NC(C)C)nc1. The summed E-state index contributed by atoms with van der Waals surface area (Å²) in [5, 5.41) is 6.44. The van der Waals surface area contributed by atoms with Crippen LogP contribution in [0.4, 0.5) is 15.9 Å². The van der Waals surface area contributed by atoms with Crippen LogP contribution in [0.3, 0.4) is 0 Å². The number of benzene rings is 2. The molecule has 0 radical (unpaired) electrons. The van der Waals surface area contributed by atoms with Crippen LogP contribution in [0, 0.1) is 12.7 Å². The Morgan fingerprint density at radius 3 is 2.21 bits per heavy atom. The summed E-state index contributed by atoms with van der Waals surface area (Å²) in [5.41, 5.74) is 3.85. The first-order valence-corrected chi connectivity index (χ1v) is 11.3. The molecule has 0 unspecified atom stereocenters. The molecule has 0 bridgehead atoms. The fourth-order valence-corrected chi connectivity index (χ4v) is 3.99. The van der Waals surface area contributed by atoms with Crippen LogP contribution in [0.5, 0.6) is 5.75 Å². The Bertz CT molecular complexity index is 1170. The predicted molar refractivity (Wildman–Crippen MR) is 135 cm³/mol. The van der Waals surface area contributed by atoms with Crippen molar-refractivity contribution in [3.63, 3.8) is 0 Å². The number of nitrogens with zero attached hydrogens (tertiary/aromatic N) is 1. The molecule has 1 heterocycles. The molecule has 2 N–H and O–H groups in total. The Kier molecular flexibility index (Phi) is 7.76. The molecule has 0 fully saturated rings. The highest BCUT2D eigenvalue weighted by atomic mass is 19.1. The van der Waals surface area contributed by atoms with E-state index in [9.17, 15) is 4.79 Å². The number of carbonyl (C=O) groups excluding carboxylic acids is 1. The zero-order chi connectivity index (χ0) is 25.0. The molecule has 0 aliphatic carbocycles. The largest absolute Gasteiger partial charge is 0.496 e. The van der Waals surface area contributed by atoms with Crippen LogP contribution in [-0.4, -0.2) is 37.3 Å². The summed E-state index contributed by atoms with van der Waals surface area (Å²) in [4.78, 5) is 17.3. The molecule has 34 heavy (non-hydrogen) atoms. The number of rotatable bonds is 8. The number of halogens is 1. The molecule has 3 aromatic rings. The maximum atomic E-state index is 15.2. The van der Waals surface area contributed by atoms with E-state index in [2.05, 4.69) is 15.6 Å². The first-order chi connectivity index (χ1) is 16.2. The molecule has 3 rings (SSSR count). The van der Waals surface area contributed by atoms with E-state index in [1.807, 2.05) is 52.8 Å². The lowest BCUT2D eigenvalue weighted by molar-refractivity contribution is 0.0601. The Balaban J connectivity index is 2.20. The summed E-state index contributed by atoms with van der Waals surface area (Å²) >= 11 is 0. The lowest BCUT2D eigenvalue weighted by Gasteiger charge is -2.20. The van der Waals surface area contributed by atoms with Crippen LogP contribution in [0.1, 0.15) is 43.6 Å². The van der Waals surface area contributed by atoms with Crippen LogP contribution in [0.2, 0.25) is 0 Å². The second-order valence-electron chi connectivity index (χ2n) is 8.72. The number of anilines is 2. The fourth-order valence-electron chi connectivity index (χ4n) is 3.99. The quantitative estimate of drug-likeness (QED) is 0.381. The normalized spacial score (nSPS) is 11.0. The van der Waals surface area contributed by atoms with Gasteiger partial charge in [0.15, 0.2) is 0 Å². The maximum absolute atomic E-state index is 15.2. The van der Waals surface area contributed by atoms with E-state index in [1.54, 1.807) is 18.3 Å². The monoisotopic (exact) mass is 465 g/mol. The van der Waals surface area contributed by atoms with Gasteiger partial charge in [-0.2, -0.15) is 0 Å². The van der Waals surface area contributed by atoms with Gasteiger partial charge in [0.25, 0.3) is 0 Å². The van der Waals surface area contributed by atoms with Crippen molar-refractivity contribution in [3.05, 3.63) is 59.5 Å². The highest BCUT2D eigenvalue weighted by Crippen LogP contribution is 2.42. The van der Waals surface area contributed by atoms with Gasteiger partial charge in [-0.1, -0.05) is 0 Å². The van der Waals surface area contributed by atoms with Gasteiger partial charge in [-0.15, -0.1) is 0 Å². The van der Waals surface area contributed by atoms with Gasteiger partial charge < -0.3 is 20.1 Å². The van der Waals surface area contributed by atoms with Crippen LogP contribution in [0.15, 0.2) is 42.6 Å². The zero-order valence-corrected chi connectivity index (χ0v) is 20.7. The molecular formula is C27H32FN3O3. The number of pyridine rings is 1. The van der Waals surface area contributed by atoms with Crippen molar-refractivity contribution in [1.29, 1.82) is 0 Å². The fraction of sp³-hybridized carbons (Fsp3) is 0.333. The average molecular weight is 466 g/mol. The Morgan fingerprint density at radius 1 is 0.971 bits per heavy atom. The molecule has 7 heteroatoms. The number of nitrogens with one attached hydrogen (secondary N) is 2. The summed E-state index contributed by atoms with van der Waals surface area (Å²) in [6.07, 6.45) is 1.70. The van der Waals surface area contributed by atoms with E-state index < -0.39 is 11.8 Å². The zero-order valence-electron chi connectivity index (χ0n) is 20.7. The second kappa shape index (κ2) is 10.5. The minimum absolute atomic E-state index is 0.169. The second-order valence-corrected chi connectivity index (χ2v) is 8.72. The highest BCUT2D eigenvalue weighted by molar-refractivity contribution is 6.01. The van der Waals surface area contributed by atoms with E-state index in [0.29, 0.717) is 39.3 Å². The topological polar surface area (TPSA) is 72.5 Å². The lowest BCUT2D eigenvalue weighted by atomic mass is 9.90. The molecular weight excluding hydrogens is 433 g/mol. The van der Waals surface area contributed by atoms with Gasteiger partial charge in [0.05, 0.1) is 19.8 Å². The van der Waals surface area contributed by atoms with Crippen molar-refractivity contribution in [2.75, 3.05) is 24.9 Å². The number of ether oxygens (including phenoxy) is 2. The third kappa shape index (κ3) is 5.30. The molecule has 1 aromatic heterocycles. The third-order valence-corrected chi connectivity index (χ3v) is 5.33. The predicted octanol–water partition coefficient (Wildman–Crippen LogP) is 6.30. The first-order valence-electron chi connectivity index (χ1n) is 11.3. The van der Waals surface area contributed by atoms with Crippen LogP contribution in [0.25, 0.3) is 22.3 Å². The van der Waals surface area contributed by atoms with Crippen LogP contribution >= 0.6 is 0 Å². The number of carbonyl (C=O) groups is 1. The summed E-state index contributed by atoms with van der Waals surface area (Å²) in [6, 6.07) is 10.7. The van der Waals surface area contributed by atoms with Crippen molar-refractivity contribution in [2.45, 2.75) is 46.7 Å². The lowest BCUT2D eigenvalue weighted by Crippen LogP contribution is -2.11. The van der Waals surface area contributed by atoms with Gasteiger partial charge in [-0.25, -0.2) is 14.2 Å². The number of methoxy groups -OCH3 is 2. The molecule has 0 aliphatic heterocycles. The van der Waals surface area contributed by atoms with Gasteiger partial charge >= 0.3 is 5.97 Å². The van der Waals surface area contributed by atoms with E-state index in [1.165, 1.54) is 20.3 Å². The Morgan fingerprint density at radius 2 is 1.68 bits per heavy atom. The van der Waals surface area contributed by atoms with Crippen molar-refractivity contribution < 1.29 is 18.7 Å². The van der Waals surface area contributed by atoms with Crippen LogP contribution < -0.4 is 15.4 Å². The minimum atomic E-state index is -0.523. The van der Waals surface area contributed by atoms with Gasteiger partial charge in [-0.05, 0) is 71.0 Å². The third-order valence-electron chi connectivity index (χ3n) is 5.33. The highest BCUT2D eigenvalue weighted by Gasteiger charge is 2.24. The molecule has 0 atom stereocenters. The summed E-state index contributed by atoms with van der Waals surface area (Å²) < 4.78 is 26.0. The number of aromatic nitrogens is 1. The van der Waals surface area contributed by atoms with Gasteiger partial charge in [0.1, 0.15) is 17.4 Å². The summed E-state index contributed by atoms with van der Waals surface area (Å²) in [5.74, 6) is 0.273. The Labute approximate surface area is 200 Å². The molecule has 0 spiro atoms. The number of esters is 1. The number of hydrogen-bond donors (Lipinski definition) is 2. The van der Waals surface area contributed by atoms with Gasteiger partial charge in [-0.3, -0.25) is 0 Å². The molecule has 0 amide bonds. The molecule has 0 saturated carbocycles. The standard InChI is InChI=1S/C27H32FN3O3/c1-15(2)30-19-9-10-20(23(28)12-19)21-13-22(27(32)34-7)25(17(5)26(21)33-6)18-8-11-24(29-14-18)31-16(3)4/h8-16,30H,1-7H3,(H,29,31). The van der Waals surface area contributed by atoms with Crippen molar-refractivity contribution in [2.24, 2.45) is 0 Å². The van der Waals surface area contributed by atoms with Crippen LogP contribution in [-0.2, 0) is 4.74 Å². The molecule has 0 saturated heterocycles. The van der Waals surface area contributed by atoms with Crippen molar-refractivity contribution in [3.8, 4) is 28.0 Å². The smallest absolute Gasteiger partial charge is 0.338 e. The van der Waals surface area contributed by atoms with Gasteiger partial charge in [0, 0.05) is 51.8 Å². The summed E-state index contributed by atoms with van der Waals surface area (Å²) in [6.45, 7) is 9.88. The van der Waals surface area contributed by atoms with E-state index in [-0.39, 0.29) is 12.1 Å². The van der Waals surface area contributed by atoms with E-state index in [0.717, 1.165) is 11.4 Å². The minimum Gasteiger partial charge on any atom is -0.496 e. The molecule has 6 nitrogen and oxygen atoms in total. The molecule has 2 aromatic carbocycles. The molecule has 0 aliphatic rings. The van der Waals surface area contributed by atoms with Gasteiger partial charge in [0.2, 0.25) is 0 Å². The van der Waals surface area contributed by atoms with Crippen molar-refractivity contribution >= 4 is 17.5 Å².